The predicted octanol–water partition coefficient (Wildman–Crippen LogP) is 11.1. The van der Waals surface area contributed by atoms with Crippen LogP contribution in [0.15, 0.2) is 97.1 Å². The highest BCUT2D eigenvalue weighted by atomic mass is 14.2. The second-order valence-electron chi connectivity index (χ2n) is 8.98. The lowest BCUT2D eigenvalue weighted by Gasteiger charge is -2.20. The molecule has 0 aliphatic carbocycles. The van der Waals surface area contributed by atoms with E-state index < -0.39 is 0 Å². The van der Waals surface area contributed by atoms with Crippen LogP contribution in [-0.4, -0.2) is 0 Å². The van der Waals surface area contributed by atoms with Crippen molar-refractivity contribution in [2.24, 2.45) is 0 Å². The molecule has 6 aromatic rings. The molecule has 37 heavy (non-hydrogen) atoms. The quantitative estimate of drug-likeness (QED) is 0.218. The molecule has 0 fully saturated rings. The molecule has 0 atom stereocenters. The van der Waals surface area contributed by atoms with Crippen molar-refractivity contribution in [3.05, 3.63) is 119 Å². The molecule has 0 saturated carbocycles. The van der Waals surface area contributed by atoms with E-state index in [1.165, 1.54) is 65.3 Å². The summed E-state index contributed by atoms with van der Waals surface area (Å²) in [6, 6.07) is 36.0. The van der Waals surface area contributed by atoms with E-state index in [2.05, 4.69) is 111 Å². The number of hydrogen-bond acceptors (Lipinski definition) is 0. The number of fused-ring (bicyclic) bond motifs is 4. The molecule has 0 saturated heterocycles. The third-order valence-electron chi connectivity index (χ3n) is 7.37. The van der Waals surface area contributed by atoms with Crippen LogP contribution in [-0.2, 0) is 19.3 Å². The monoisotopic (exact) mass is 484 g/mol. The molecule has 0 aliphatic heterocycles. The summed E-state index contributed by atoms with van der Waals surface area (Å²) in [5, 5.41) is 11.1. The van der Waals surface area contributed by atoms with Crippen LogP contribution in [0, 0.1) is 0 Å². The summed E-state index contributed by atoms with van der Waals surface area (Å²) < 4.78 is 0. The van der Waals surface area contributed by atoms with Crippen molar-refractivity contribution in [2.45, 2.75) is 60.8 Å². The summed E-state index contributed by atoms with van der Waals surface area (Å²) in [4.78, 5) is 0. The molecule has 188 valence electrons. The molecule has 0 aromatic heterocycles. The molecule has 0 nitrogen and oxygen atoms in total. The molecule has 0 bridgehead atoms. The zero-order chi connectivity index (χ0) is 26.4. The zero-order valence-electron chi connectivity index (χ0n) is 23.4. The Morgan fingerprint density at radius 3 is 0.703 bits per heavy atom. The summed E-state index contributed by atoms with van der Waals surface area (Å²) in [7, 11) is 0. The van der Waals surface area contributed by atoms with Gasteiger partial charge in [-0.3, -0.25) is 0 Å². The fourth-order valence-corrected chi connectivity index (χ4v) is 5.94. The molecular weight excluding hydrogens is 444 g/mol. The topological polar surface area (TPSA) is 0 Å². The number of benzene rings is 6. The lowest BCUT2D eigenvalue weighted by atomic mass is 9.84. The number of hydrogen-bond donors (Lipinski definition) is 0. The van der Waals surface area contributed by atoms with E-state index in [4.69, 9.17) is 0 Å². The van der Waals surface area contributed by atoms with Crippen molar-refractivity contribution in [1.82, 2.24) is 0 Å². The van der Waals surface area contributed by atoms with Gasteiger partial charge in [-0.15, -0.1) is 0 Å². The van der Waals surface area contributed by atoms with Crippen LogP contribution >= 0.6 is 0 Å². The molecule has 6 aromatic carbocycles. The van der Waals surface area contributed by atoms with Gasteiger partial charge in [0.1, 0.15) is 0 Å². The summed E-state index contributed by atoms with van der Waals surface area (Å²) in [6.45, 7) is 12.6. The van der Waals surface area contributed by atoms with Crippen LogP contribution in [0.2, 0.25) is 0 Å². The molecule has 6 rings (SSSR count). The van der Waals surface area contributed by atoms with Crippen LogP contribution in [0.5, 0.6) is 0 Å². The van der Waals surface area contributed by atoms with E-state index in [9.17, 15) is 0 Å². The minimum atomic E-state index is 0.927. The highest BCUT2D eigenvalue weighted by molar-refractivity contribution is 6.09. The second kappa shape index (κ2) is 12.1. The zero-order valence-corrected chi connectivity index (χ0v) is 23.4. The summed E-state index contributed by atoms with van der Waals surface area (Å²) in [6.07, 6.45) is 3.01. The SMILES string of the molecule is CC.CC.CCc1c2ccccc2c(Cc2c3ccccc3c(CC)c3ccccc23)c2ccccc12. The van der Waals surface area contributed by atoms with Gasteiger partial charge in [-0.05, 0) is 84.6 Å². The van der Waals surface area contributed by atoms with Gasteiger partial charge in [0, 0.05) is 0 Å². The Hall–Kier alpha value is -3.64. The Balaban J connectivity index is 0.000000765. The van der Waals surface area contributed by atoms with Gasteiger partial charge in [-0.1, -0.05) is 139 Å². The first-order chi connectivity index (χ1) is 18.3. The lowest BCUT2D eigenvalue weighted by Crippen LogP contribution is -2.00. The Kier molecular flexibility index (Phi) is 8.62. The first-order valence-electron chi connectivity index (χ1n) is 14.1. The Morgan fingerprint density at radius 1 is 0.324 bits per heavy atom. The van der Waals surface area contributed by atoms with Crippen LogP contribution in [0.4, 0.5) is 0 Å². The van der Waals surface area contributed by atoms with E-state index in [-0.39, 0.29) is 0 Å². The van der Waals surface area contributed by atoms with Gasteiger partial charge in [-0.25, -0.2) is 0 Å². The molecule has 0 heterocycles. The third-order valence-corrected chi connectivity index (χ3v) is 7.37. The van der Waals surface area contributed by atoms with Crippen molar-refractivity contribution in [1.29, 1.82) is 0 Å². The van der Waals surface area contributed by atoms with Gasteiger partial charge in [0.15, 0.2) is 0 Å². The lowest BCUT2D eigenvalue weighted by molar-refractivity contribution is 1.17. The van der Waals surface area contributed by atoms with Gasteiger partial charge in [0.25, 0.3) is 0 Å². The maximum Gasteiger partial charge on any atom is -0.000111 e. The van der Waals surface area contributed by atoms with Gasteiger partial charge in [0.2, 0.25) is 0 Å². The molecule has 0 N–H and O–H groups in total. The van der Waals surface area contributed by atoms with Crippen molar-refractivity contribution in [3.63, 3.8) is 0 Å². The van der Waals surface area contributed by atoms with E-state index in [1.54, 1.807) is 0 Å². The summed E-state index contributed by atoms with van der Waals surface area (Å²) in [5.74, 6) is 0. The Morgan fingerprint density at radius 2 is 0.514 bits per heavy atom. The van der Waals surface area contributed by atoms with Crippen molar-refractivity contribution >= 4 is 43.1 Å². The van der Waals surface area contributed by atoms with Crippen LogP contribution in [0.25, 0.3) is 43.1 Å². The highest BCUT2D eigenvalue weighted by Crippen LogP contribution is 2.39. The van der Waals surface area contributed by atoms with E-state index in [0.29, 0.717) is 0 Å². The molecule has 0 radical (unpaired) electrons. The van der Waals surface area contributed by atoms with Gasteiger partial charge >= 0.3 is 0 Å². The van der Waals surface area contributed by atoms with Crippen molar-refractivity contribution < 1.29 is 0 Å². The molecule has 0 heteroatoms. The minimum absolute atomic E-state index is 0.927. The highest BCUT2D eigenvalue weighted by Gasteiger charge is 2.17. The first-order valence-corrected chi connectivity index (χ1v) is 14.1. The maximum atomic E-state index is 2.32. The van der Waals surface area contributed by atoms with E-state index in [0.717, 1.165) is 19.3 Å². The normalized spacial score (nSPS) is 10.8. The standard InChI is InChI=1S/C33H28.2C2H6/c1-3-22-24-13-5-9-17-28(24)32(29-18-10-6-14-25(22)29)21-33-30-19-11-7-15-26(30)23(4-2)27-16-8-12-20-31(27)33;2*1-2/h5-20H,3-4,21H2,1-2H3;2*1-2H3. The third kappa shape index (κ3) is 4.62. The summed E-state index contributed by atoms with van der Waals surface area (Å²) in [5.41, 5.74) is 5.80. The second-order valence-corrected chi connectivity index (χ2v) is 8.98. The fraction of sp³-hybridized carbons (Fsp3) is 0.243. The minimum Gasteiger partial charge on any atom is -0.0683 e. The fourth-order valence-electron chi connectivity index (χ4n) is 5.94. The van der Waals surface area contributed by atoms with Crippen molar-refractivity contribution in [2.75, 3.05) is 0 Å². The molecule has 0 amide bonds. The Labute approximate surface area is 223 Å². The van der Waals surface area contributed by atoms with Crippen LogP contribution in [0.3, 0.4) is 0 Å². The smallest absolute Gasteiger partial charge is 0.000111 e. The first kappa shape index (κ1) is 26.4. The molecule has 0 unspecified atom stereocenters. The predicted molar refractivity (Wildman–Crippen MR) is 167 cm³/mol. The summed E-state index contributed by atoms with van der Waals surface area (Å²) >= 11 is 0. The largest absolute Gasteiger partial charge is 0.0683 e. The van der Waals surface area contributed by atoms with Gasteiger partial charge in [0.05, 0.1) is 0 Å². The van der Waals surface area contributed by atoms with Crippen molar-refractivity contribution in [3.8, 4) is 0 Å². The maximum absolute atomic E-state index is 2.32. The molecule has 0 aliphatic rings. The van der Waals surface area contributed by atoms with Gasteiger partial charge < -0.3 is 0 Å². The van der Waals surface area contributed by atoms with Crippen LogP contribution in [0.1, 0.15) is 63.8 Å². The average Bonchev–Trinajstić information content (AvgIpc) is 2.99. The van der Waals surface area contributed by atoms with E-state index >= 15 is 0 Å². The average molecular weight is 485 g/mol. The molecular formula is C37H40. The number of aryl methyl sites for hydroxylation is 2. The number of rotatable bonds is 4. The van der Waals surface area contributed by atoms with E-state index in [1.807, 2.05) is 27.7 Å². The Bertz CT molecular complexity index is 1410. The molecule has 0 spiro atoms. The van der Waals surface area contributed by atoms with Gasteiger partial charge in [-0.2, -0.15) is 0 Å². The van der Waals surface area contributed by atoms with Crippen LogP contribution < -0.4 is 0 Å².